The van der Waals surface area contributed by atoms with Crippen molar-refractivity contribution in [3.8, 4) is 0 Å². The second kappa shape index (κ2) is 2.90. The van der Waals surface area contributed by atoms with E-state index in [4.69, 9.17) is 0 Å². The third-order valence-electron chi connectivity index (χ3n) is 2.54. The van der Waals surface area contributed by atoms with Crippen molar-refractivity contribution in [3.63, 3.8) is 0 Å². The number of aromatic amines is 1. The topological polar surface area (TPSA) is 40.7 Å². The molecule has 0 aromatic carbocycles. The highest BCUT2D eigenvalue weighted by Gasteiger charge is 2.19. The Balaban J connectivity index is 2.21. The number of imidazole rings is 1. The van der Waals surface area contributed by atoms with Gasteiger partial charge in [-0.1, -0.05) is 0 Å². The summed E-state index contributed by atoms with van der Waals surface area (Å²) in [5, 5.41) is 3.42. The smallest absolute Gasteiger partial charge is 0.123 e. The Labute approximate surface area is 72.6 Å². The number of aromatic nitrogens is 2. The Hall–Kier alpha value is -0.830. The number of aryl methyl sites for hydroxylation is 2. The van der Waals surface area contributed by atoms with Crippen LogP contribution >= 0.6 is 0 Å². The fraction of sp³-hybridized carbons (Fsp3) is 0.667. The van der Waals surface area contributed by atoms with Crippen LogP contribution in [0.2, 0.25) is 0 Å². The van der Waals surface area contributed by atoms with Crippen molar-refractivity contribution in [2.75, 3.05) is 6.54 Å². The van der Waals surface area contributed by atoms with Gasteiger partial charge in [0.25, 0.3) is 0 Å². The zero-order chi connectivity index (χ0) is 8.55. The van der Waals surface area contributed by atoms with E-state index in [1.54, 1.807) is 0 Å². The van der Waals surface area contributed by atoms with E-state index in [0.29, 0.717) is 6.04 Å². The maximum Gasteiger partial charge on any atom is 0.123 e. The van der Waals surface area contributed by atoms with Crippen molar-refractivity contribution in [2.45, 2.75) is 32.7 Å². The van der Waals surface area contributed by atoms with Crippen molar-refractivity contribution in [2.24, 2.45) is 0 Å². The van der Waals surface area contributed by atoms with E-state index in [2.05, 4.69) is 22.2 Å². The van der Waals surface area contributed by atoms with Crippen LogP contribution in [-0.4, -0.2) is 16.5 Å². The number of rotatable bonds is 1. The Morgan fingerprint density at radius 2 is 2.25 bits per heavy atom. The van der Waals surface area contributed by atoms with Crippen molar-refractivity contribution in [1.82, 2.24) is 15.3 Å². The number of H-pyrrole nitrogens is 1. The van der Waals surface area contributed by atoms with E-state index in [9.17, 15) is 0 Å². The molecule has 1 aromatic heterocycles. The molecular formula is C9H15N3. The van der Waals surface area contributed by atoms with Crippen LogP contribution < -0.4 is 5.32 Å². The maximum absolute atomic E-state index is 4.47. The van der Waals surface area contributed by atoms with Crippen molar-refractivity contribution in [3.05, 3.63) is 17.2 Å². The minimum atomic E-state index is 0.470. The molecule has 1 saturated heterocycles. The SMILES string of the molecule is Cc1nc([C@H]2CCCN2)[nH]c1C. The van der Waals surface area contributed by atoms with E-state index in [1.165, 1.54) is 18.5 Å². The summed E-state index contributed by atoms with van der Waals surface area (Å²) in [6, 6.07) is 0.470. The van der Waals surface area contributed by atoms with Crippen LogP contribution in [0.5, 0.6) is 0 Å². The third-order valence-corrected chi connectivity index (χ3v) is 2.54. The van der Waals surface area contributed by atoms with Gasteiger partial charge in [-0.15, -0.1) is 0 Å². The Kier molecular flexibility index (Phi) is 1.89. The van der Waals surface area contributed by atoms with E-state index in [1.807, 2.05) is 6.92 Å². The van der Waals surface area contributed by atoms with Gasteiger partial charge in [0.1, 0.15) is 5.82 Å². The highest BCUT2D eigenvalue weighted by Crippen LogP contribution is 2.20. The molecule has 66 valence electrons. The zero-order valence-corrected chi connectivity index (χ0v) is 7.65. The van der Waals surface area contributed by atoms with Gasteiger partial charge in [0.15, 0.2) is 0 Å². The molecule has 0 amide bonds. The molecule has 3 heteroatoms. The van der Waals surface area contributed by atoms with Gasteiger partial charge in [-0.05, 0) is 33.2 Å². The summed E-state index contributed by atoms with van der Waals surface area (Å²) in [5.41, 5.74) is 2.32. The van der Waals surface area contributed by atoms with Gasteiger partial charge in [0.2, 0.25) is 0 Å². The molecule has 1 atom stereocenters. The number of nitrogens with one attached hydrogen (secondary N) is 2. The molecule has 1 fully saturated rings. The Bertz CT molecular complexity index is 252. The van der Waals surface area contributed by atoms with E-state index in [-0.39, 0.29) is 0 Å². The first-order valence-electron chi connectivity index (χ1n) is 4.54. The molecule has 12 heavy (non-hydrogen) atoms. The van der Waals surface area contributed by atoms with Crippen LogP contribution in [0.25, 0.3) is 0 Å². The molecule has 1 aliphatic heterocycles. The summed E-state index contributed by atoms with van der Waals surface area (Å²) >= 11 is 0. The average Bonchev–Trinajstić information content (AvgIpc) is 2.61. The second-order valence-electron chi connectivity index (χ2n) is 3.48. The van der Waals surface area contributed by atoms with E-state index >= 15 is 0 Å². The molecule has 0 spiro atoms. The first-order valence-corrected chi connectivity index (χ1v) is 4.54. The van der Waals surface area contributed by atoms with Crippen LogP contribution in [0.3, 0.4) is 0 Å². The molecule has 0 aliphatic carbocycles. The fourth-order valence-corrected chi connectivity index (χ4v) is 1.66. The average molecular weight is 165 g/mol. The number of hydrogen-bond acceptors (Lipinski definition) is 2. The summed E-state index contributed by atoms with van der Waals surface area (Å²) in [4.78, 5) is 7.79. The van der Waals surface area contributed by atoms with Crippen LogP contribution in [0.1, 0.15) is 36.1 Å². The molecule has 1 aromatic rings. The predicted molar refractivity (Wildman–Crippen MR) is 48.0 cm³/mol. The number of hydrogen-bond donors (Lipinski definition) is 2. The minimum absolute atomic E-state index is 0.470. The Morgan fingerprint density at radius 3 is 2.75 bits per heavy atom. The summed E-state index contributed by atoms with van der Waals surface area (Å²) in [7, 11) is 0. The summed E-state index contributed by atoms with van der Waals surface area (Å²) in [6.45, 7) is 5.24. The largest absolute Gasteiger partial charge is 0.345 e. The molecule has 1 aliphatic rings. The lowest BCUT2D eigenvalue weighted by Gasteiger charge is -2.04. The first-order chi connectivity index (χ1) is 5.77. The molecule has 2 N–H and O–H groups in total. The van der Waals surface area contributed by atoms with E-state index in [0.717, 1.165) is 18.1 Å². The highest BCUT2D eigenvalue weighted by atomic mass is 15.0. The lowest BCUT2D eigenvalue weighted by Crippen LogP contribution is -2.14. The quantitative estimate of drug-likeness (QED) is 0.661. The molecule has 0 bridgehead atoms. The lowest BCUT2D eigenvalue weighted by molar-refractivity contribution is 0.611. The van der Waals surface area contributed by atoms with Crippen molar-refractivity contribution < 1.29 is 0 Å². The molecular weight excluding hydrogens is 150 g/mol. The van der Waals surface area contributed by atoms with Crippen LogP contribution in [0.4, 0.5) is 0 Å². The molecule has 3 nitrogen and oxygen atoms in total. The normalized spacial score (nSPS) is 23.3. The van der Waals surface area contributed by atoms with Crippen LogP contribution in [0, 0.1) is 13.8 Å². The standard InChI is InChI=1S/C9H15N3/c1-6-7(2)12-9(11-6)8-4-3-5-10-8/h8,10H,3-5H2,1-2H3,(H,11,12)/t8-/m1/s1. The zero-order valence-electron chi connectivity index (χ0n) is 7.65. The van der Waals surface area contributed by atoms with E-state index < -0.39 is 0 Å². The van der Waals surface area contributed by atoms with Crippen LogP contribution in [0.15, 0.2) is 0 Å². The summed E-state index contributed by atoms with van der Waals surface area (Å²) in [5.74, 6) is 1.11. The summed E-state index contributed by atoms with van der Waals surface area (Å²) in [6.07, 6.45) is 2.48. The van der Waals surface area contributed by atoms with Gasteiger partial charge in [0.05, 0.1) is 11.7 Å². The molecule has 0 unspecified atom stereocenters. The van der Waals surface area contributed by atoms with Gasteiger partial charge in [-0.25, -0.2) is 4.98 Å². The number of nitrogens with zero attached hydrogens (tertiary/aromatic N) is 1. The van der Waals surface area contributed by atoms with Gasteiger partial charge < -0.3 is 10.3 Å². The maximum atomic E-state index is 4.47. The molecule has 2 heterocycles. The van der Waals surface area contributed by atoms with Gasteiger partial charge in [-0.3, -0.25) is 0 Å². The van der Waals surface area contributed by atoms with Crippen LogP contribution in [-0.2, 0) is 0 Å². The van der Waals surface area contributed by atoms with Gasteiger partial charge in [0, 0.05) is 5.69 Å². The second-order valence-corrected chi connectivity index (χ2v) is 3.48. The fourth-order valence-electron chi connectivity index (χ4n) is 1.66. The van der Waals surface area contributed by atoms with Crippen molar-refractivity contribution in [1.29, 1.82) is 0 Å². The van der Waals surface area contributed by atoms with Gasteiger partial charge >= 0.3 is 0 Å². The first kappa shape index (κ1) is 7.80. The predicted octanol–water partition coefficient (Wildman–Crippen LogP) is 1.45. The highest BCUT2D eigenvalue weighted by molar-refractivity contribution is 5.13. The minimum Gasteiger partial charge on any atom is -0.345 e. The van der Waals surface area contributed by atoms with Gasteiger partial charge in [-0.2, -0.15) is 0 Å². The third kappa shape index (κ3) is 1.25. The monoisotopic (exact) mass is 165 g/mol. The van der Waals surface area contributed by atoms with Crippen molar-refractivity contribution >= 4 is 0 Å². The molecule has 0 saturated carbocycles. The summed E-state index contributed by atoms with van der Waals surface area (Å²) < 4.78 is 0. The molecule has 2 rings (SSSR count). The molecule has 0 radical (unpaired) electrons. The Morgan fingerprint density at radius 1 is 1.42 bits per heavy atom. The lowest BCUT2D eigenvalue weighted by atomic mass is 10.2.